The Kier molecular flexibility index (Phi) is 35.8. The summed E-state index contributed by atoms with van der Waals surface area (Å²) in [5.74, 6) is 2.59. The molecular weight excluding hydrogens is 2020 g/mol. The molecule has 10 heterocycles. The zero-order chi connectivity index (χ0) is 88.4. The number of carbonyl (C=O) groups is 5. The molecule has 0 unspecified atom stereocenters. The van der Waals surface area contributed by atoms with Crippen molar-refractivity contribution in [3.63, 3.8) is 0 Å². The van der Waals surface area contributed by atoms with Crippen LogP contribution in [0.1, 0.15) is 136 Å². The lowest BCUT2D eigenvalue weighted by atomic mass is 9.91. The van der Waals surface area contributed by atoms with E-state index in [9.17, 15) is 29.3 Å². The number of aldehydes is 2. The van der Waals surface area contributed by atoms with Gasteiger partial charge in [-0.1, -0.05) is 60.7 Å². The molecule has 14 N–H and O–H groups in total. The number of hydrogen-bond donors (Lipinski definition) is 11. The number of aromatic amines is 5. The van der Waals surface area contributed by atoms with Gasteiger partial charge in [-0.05, 0) is 305 Å². The van der Waals surface area contributed by atoms with Gasteiger partial charge in [0.25, 0.3) is 0 Å². The van der Waals surface area contributed by atoms with Gasteiger partial charge in [0.1, 0.15) is 81.3 Å². The van der Waals surface area contributed by atoms with Crippen molar-refractivity contribution in [2.24, 2.45) is 0 Å². The molecule has 0 amide bonds. The average molecular weight is 2100 g/mol. The zero-order valence-corrected chi connectivity index (χ0v) is 77.5. The van der Waals surface area contributed by atoms with Crippen molar-refractivity contribution < 1.29 is 44.2 Å². The highest BCUT2D eigenvalue weighted by Gasteiger charge is 2.38. The molecule has 17 rings (SSSR count). The molecule has 0 radical (unpaired) electrons. The summed E-state index contributed by atoms with van der Waals surface area (Å²) in [6, 6.07) is 51.9. The monoisotopic (exact) mass is 2100 g/mol. The number of hydrogen-bond acceptors (Lipinski definition) is 22. The third-order valence-corrected chi connectivity index (χ3v) is 23.4. The van der Waals surface area contributed by atoms with Gasteiger partial charge < -0.3 is 57.4 Å². The van der Waals surface area contributed by atoms with Crippen LogP contribution >= 0.6 is 112 Å². The number of nitro benzene ring substituents is 1. The number of ketones is 2. The van der Waals surface area contributed by atoms with Crippen molar-refractivity contribution in [1.29, 1.82) is 0 Å². The van der Waals surface area contributed by atoms with E-state index < -0.39 is 17.5 Å². The minimum atomic E-state index is -1.19. The second-order valence-electron chi connectivity index (χ2n) is 27.3. The van der Waals surface area contributed by atoms with Gasteiger partial charge in [0.05, 0.1) is 83.9 Å². The molecule has 36 heteroatoms. The van der Waals surface area contributed by atoms with Crippen LogP contribution in [0.3, 0.4) is 0 Å². The van der Waals surface area contributed by atoms with Crippen molar-refractivity contribution >= 4 is 226 Å². The molecule has 0 saturated carbocycles. The van der Waals surface area contributed by atoms with Gasteiger partial charge in [-0.3, -0.25) is 54.0 Å². The lowest BCUT2D eigenvalue weighted by Gasteiger charge is -2.38. The second kappa shape index (κ2) is 45.9. The van der Waals surface area contributed by atoms with Gasteiger partial charge in [-0.15, -0.1) is 0 Å². The van der Waals surface area contributed by atoms with Crippen LogP contribution in [0.25, 0.3) is 61.2 Å². The average Bonchev–Trinajstić information content (AvgIpc) is 1.50. The van der Waals surface area contributed by atoms with E-state index in [2.05, 4.69) is 209 Å². The van der Waals surface area contributed by atoms with Crippen LogP contribution in [0.15, 0.2) is 220 Å². The van der Waals surface area contributed by atoms with Gasteiger partial charge in [-0.2, -0.15) is 0 Å². The maximum atomic E-state index is 12.5. The van der Waals surface area contributed by atoms with E-state index in [1.165, 1.54) is 36.7 Å². The number of nitrogen functional groups attached to an aromatic ring is 3. The number of pyridine rings is 3. The minimum Gasteiger partial charge on any atom is -0.480 e. The van der Waals surface area contributed by atoms with Crippen molar-refractivity contribution in [3.8, 4) is 0 Å². The molecule has 8 aromatic heterocycles. The molecule has 15 aromatic rings. The maximum absolute atomic E-state index is 12.5. The van der Waals surface area contributed by atoms with Crippen LogP contribution < -0.4 is 17.2 Å². The first-order valence-corrected chi connectivity index (χ1v) is 42.9. The first-order valence-electron chi connectivity index (χ1n) is 37.3. The summed E-state index contributed by atoms with van der Waals surface area (Å²) in [6.07, 6.45) is 14.4. The van der Waals surface area contributed by atoms with Gasteiger partial charge >= 0.3 is 11.7 Å². The Bertz CT molecular complexity index is 6160. The number of rotatable bonds is 11. The van der Waals surface area contributed by atoms with E-state index in [0.29, 0.717) is 70.2 Å². The number of aromatic nitrogens is 13. The van der Waals surface area contributed by atoms with E-state index in [-0.39, 0.29) is 41.6 Å². The predicted molar refractivity (Wildman–Crippen MR) is 500 cm³/mol. The second-order valence-corrected chi connectivity index (χ2v) is 33.3. The van der Waals surface area contributed by atoms with Crippen LogP contribution in [0, 0.1) is 30.9 Å². The highest BCUT2D eigenvalue weighted by molar-refractivity contribution is 9.11. The Morgan fingerprint density at radius 2 is 0.902 bits per heavy atom. The molecule has 2 fully saturated rings. The molecule has 632 valence electrons. The number of nitrogens with two attached hydrogens (primary N) is 3. The number of aryl methyl sites for hydroxylation is 3. The molecule has 0 aliphatic carbocycles. The number of halogens is 7. The van der Waals surface area contributed by atoms with Crippen molar-refractivity contribution in [2.75, 3.05) is 37.9 Å². The Morgan fingerprint density at radius 3 is 1.31 bits per heavy atom. The molecule has 0 bridgehead atoms. The SMILES string of the molecule is CC(=O)/C=C/c1nc2c(Br)cccc2[nH]1.Cc1cccnc1C=O.Cc1cccnc1[C@@H]1CC(=O)C[C@H](c2nc3c(Br)cccc3[nH]2)N1C.Cc1cccnc1[C@@H]1CCC[C@H](c2nc3c(Br)cccc3[nH]2)N1C.Nc1cccc(Br)c1N.Nc1cccc(Br)c1[N+](=O)[O-].O=C(O)CO.O=Cc1nc2c(Br)cccc2[nH]1.OCc1nc2c(Br)cccc2[nH]1. The number of imidazole rings is 5. The van der Waals surface area contributed by atoms with Crippen LogP contribution in [0.4, 0.5) is 22.7 Å². The fourth-order valence-corrected chi connectivity index (χ4v) is 16.0. The number of aliphatic hydroxyl groups excluding tert-OH is 2. The number of carboxylic acid groups (broad SMARTS) is 1. The summed E-state index contributed by atoms with van der Waals surface area (Å²) >= 11 is 23.5. The van der Waals surface area contributed by atoms with Gasteiger partial charge in [-0.25, -0.2) is 29.7 Å². The highest BCUT2D eigenvalue weighted by Crippen LogP contribution is 2.42. The number of Topliss-reactive ketones (excluding diaryl/α,β-unsaturated/α-hetero) is 1. The van der Waals surface area contributed by atoms with E-state index in [0.717, 1.165) is 130 Å². The Labute approximate surface area is 759 Å². The number of carbonyl (C=O) groups excluding carboxylic acids is 4. The quantitative estimate of drug-likeness (QED) is 0.0188. The first kappa shape index (κ1) is 95.1. The van der Waals surface area contributed by atoms with Crippen LogP contribution in [0.2, 0.25) is 0 Å². The number of carboxylic acids is 1. The number of piperidine rings is 2. The van der Waals surface area contributed by atoms with E-state index in [4.69, 9.17) is 47.3 Å². The summed E-state index contributed by atoms with van der Waals surface area (Å²) in [6.45, 7) is 6.73. The van der Waals surface area contributed by atoms with Crippen molar-refractivity contribution in [1.82, 2.24) is 74.6 Å². The lowest BCUT2D eigenvalue weighted by molar-refractivity contribution is -0.384. The number of nitro groups is 1. The molecular formula is C86H84Br7N19O10. The van der Waals surface area contributed by atoms with Crippen LogP contribution in [-0.4, -0.2) is 146 Å². The van der Waals surface area contributed by atoms with Gasteiger partial charge in [0.2, 0.25) is 0 Å². The number of H-pyrrole nitrogens is 5. The third-order valence-electron chi connectivity index (χ3n) is 18.9. The zero-order valence-electron chi connectivity index (χ0n) is 66.4. The molecule has 2 aliphatic rings. The smallest absolute Gasteiger partial charge is 0.329 e. The van der Waals surface area contributed by atoms with Crippen LogP contribution in [0.5, 0.6) is 0 Å². The number of allylic oxidation sites excluding steroid dienone is 1. The van der Waals surface area contributed by atoms with Crippen molar-refractivity contribution in [3.05, 3.63) is 293 Å². The number of anilines is 3. The van der Waals surface area contributed by atoms with Crippen LogP contribution in [-0.2, 0) is 21.0 Å². The Morgan fingerprint density at radius 1 is 0.500 bits per heavy atom. The lowest BCUT2D eigenvalue weighted by Crippen LogP contribution is -2.38. The fraction of sp³-hybridized carbons (Fsp3) is 0.198. The number of fused-ring (bicyclic) bond motifs is 5. The number of likely N-dealkylation sites (tertiary alicyclic amines) is 2. The molecule has 0 spiro atoms. The van der Waals surface area contributed by atoms with Gasteiger partial charge in [0.15, 0.2) is 24.2 Å². The van der Waals surface area contributed by atoms with E-state index in [1.807, 2.05) is 147 Å². The minimum absolute atomic E-state index is 0.00882. The largest absolute Gasteiger partial charge is 0.480 e. The highest BCUT2D eigenvalue weighted by atomic mass is 79.9. The third kappa shape index (κ3) is 25.7. The number of nitrogens with one attached hydrogen (secondary N) is 5. The number of aliphatic hydroxyl groups is 2. The number of aliphatic carboxylic acids is 1. The number of benzene rings is 7. The summed E-state index contributed by atoms with van der Waals surface area (Å²) in [7, 11) is 4.25. The molecule has 7 aromatic carbocycles. The molecule has 4 atom stereocenters. The van der Waals surface area contributed by atoms with E-state index in [1.54, 1.807) is 36.7 Å². The molecule has 122 heavy (non-hydrogen) atoms. The van der Waals surface area contributed by atoms with E-state index >= 15 is 0 Å². The standard InChI is InChI=1S/C19H19BrN4O.C19H21BrN4.C11H9BrN2O.C8H7BrN2O.C8H5BrN2O.C7H7NO.C6H5BrN2O2.C6H7BrN2.C2H4O3/c1-11-5-4-8-21-17(11)15-9-12(25)10-16(24(15)2)19-22-14-7-3-6-13(20)18(14)23-19;1-12-6-5-11-21-17(12)15-9-4-10-16(24(15)2)19-22-14-8-3-7-13(20)18(14)23-19;1-7(15)5-6-10-13-9-4-2-3-8(12)11(9)14-10;2*9-5-2-1-3-6-8(5)11-7(4-12)10-6;1-6-3-2-4-8-7(6)5-9;7-4-2-1-3-5(8)6(4)9(10)11;7-4-2-1-3-5(8)6(4)9;3-1-2(4)5/h3-8,15-16H,9-10H2,1-2H3,(H,22,23);3,5-8,11,15-16H,4,9-10H2,1-2H3,(H,22,23);2-6H,1H3,(H,13,14);1-3,12H,4H2,(H,10,11);1-4H,(H,10,11);2-5H,1H3;1-3H,8H2;1-3H,8-9H2;3H,1H2,(H,4,5)/b;;6-5+;;;;;;/t2*15-,16+;;;;;;;/m00......./s1. The van der Waals surface area contributed by atoms with Gasteiger partial charge in [0, 0.05) is 58.3 Å². The summed E-state index contributed by atoms with van der Waals surface area (Å²) < 4.78 is 6.02. The summed E-state index contributed by atoms with van der Waals surface area (Å²) in [5.41, 5.74) is 32.9. The molecule has 2 saturated heterocycles. The molecule has 2 aliphatic heterocycles. The Balaban J connectivity index is 0.000000162. The normalized spacial score (nSPS) is 14.8. The summed E-state index contributed by atoms with van der Waals surface area (Å²) in [4.78, 5) is 118. The number of para-hydroxylation sites is 7. The predicted octanol–water partition coefficient (Wildman–Crippen LogP) is 19.7. The first-order chi connectivity index (χ1) is 58.4. The van der Waals surface area contributed by atoms with Crippen molar-refractivity contribution in [2.45, 2.75) is 90.6 Å². The fourth-order valence-electron chi connectivity index (χ4n) is 12.8. The maximum Gasteiger partial charge on any atom is 0.329 e. The Hall–Kier alpha value is -10.8. The molecule has 29 nitrogen and oxygen atoms in total. The summed E-state index contributed by atoms with van der Waals surface area (Å²) in [5, 5.41) is 34.2. The number of nitrogens with zero attached hydrogens (tertiary/aromatic N) is 11. The topological polar surface area (TPSA) is 456 Å².